The Morgan fingerprint density at radius 2 is 2.00 bits per heavy atom. The van der Waals surface area contributed by atoms with Gasteiger partial charge in [-0.25, -0.2) is 0 Å². The molecular weight excluding hydrogens is 230 g/mol. The molecule has 1 aromatic heterocycles. The summed E-state index contributed by atoms with van der Waals surface area (Å²) >= 11 is 1.76. The third kappa shape index (κ3) is 2.70. The molecule has 4 heteroatoms. The van der Waals surface area contributed by atoms with E-state index < -0.39 is 0 Å². The normalized spacial score (nSPS) is 10.8. The molecule has 0 spiro atoms. The van der Waals surface area contributed by atoms with Crippen molar-refractivity contribution < 1.29 is 0 Å². The highest BCUT2D eigenvalue weighted by Crippen LogP contribution is 2.25. The summed E-state index contributed by atoms with van der Waals surface area (Å²) in [4.78, 5) is 1.29. The molecule has 0 aliphatic rings. The van der Waals surface area contributed by atoms with Crippen molar-refractivity contribution in [3.05, 3.63) is 36.2 Å². The molecule has 0 aliphatic carbocycles. The number of benzene rings is 1. The Hall–Kier alpha value is -1.26. The van der Waals surface area contributed by atoms with Gasteiger partial charge in [0, 0.05) is 30.2 Å². The number of nitrogens with zero attached hydrogens (tertiary/aromatic N) is 2. The molecule has 17 heavy (non-hydrogen) atoms. The van der Waals surface area contributed by atoms with Crippen molar-refractivity contribution in [1.82, 2.24) is 15.1 Å². The van der Waals surface area contributed by atoms with Crippen LogP contribution in [0.5, 0.6) is 0 Å². The van der Waals surface area contributed by atoms with Crippen LogP contribution in [-0.2, 0) is 13.6 Å². The van der Waals surface area contributed by atoms with Crippen LogP contribution in [0.25, 0.3) is 11.1 Å². The van der Waals surface area contributed by atoms with Crippen molar-refractivity contribution in [3.8, 4) is 11.1 Å². The van der Waals surface area contributed by atoms with Gasteiger partial charge in [0.1, 0.15) is 0 Å². The lowest BCUT2D eigenvalue weighted by Gasteiger charge is -2.03. The molecule has 2 aromatic rings. The molecule has 2 rings (SSSR count). The molecule has 0 radical (unpaired) electrons. The van der Waals surface area contributed by atoms with E-state index in [0.29, 0.717) is 0 Å². The topological polar surface area (TPSA) is 29.9 Å². The average Bonchev–Trinajstić information content (AvgIpc) is 2.71. The highest BCUT2D eigenvalue weighted by atomic mass is 32.2. The van der Waals surface area contributed by atoms with E-state index >= 15 is 0 Å². The van der Waals surface area contributed by atoms with Gasteiger partial charge < -0.3 is 5.32 Å². The van der Waals surface area contributed by atoms with Gasteiger partial charge in [0.05, 0.1) is 5.69 Å². The summed E-state index contributed by atoms with van der Waals surface area (Å²) in [6.07, 6.45) is 4.16. The minimum absolute atomic E-state index is 0.792. The van der Waals surface area contributed by atoms with Crippen LogP contribution in [0.2, 0.25) is 0 Å². The number of hydrogen-bond acceptors (Lipinski definition) is 3. The van der Waals surface area contributed by atoms with Crippen molar-refractivity contribution in [3.63, 3.8) is 0 Å². The lowest BCUT2D eigenvalue weighted by atomic mass is 10.1. The zero-order valence-electron chi connectivity index (χ0n) is 10.4. The lowest BCUT2D eigenvalue weighted by molar-refractivity contribution is 0.712. The van der Waals surface area contributed by atoms with Crippen molar-refractivity contribution >= 4 is 11.8 Å². The molecule has 0 unspecified atom stereocenters. The number of rotatable bonds is 4. The van der Waals surface area contributed by atoms with E-state index in [-0.39, 0.29) is 0 Å². The molecule has 1 N–H and O–H groups in total. The minimum Gasteiger partial charge on any atom is -0.314 e. The van der Waals surface area contributed by atoms with Gasteiger partial charge in [-0.05, 0) is 31.0 Å². The standard InChI is InChI=1S/C13H17N3S/c1-14-8-13-12(9-16(2)15-13)10-4-6-11(17-3)7-5-10/h4-7,9,14H,8H2,1-3H3. The van der Waals surface area contributed by atoms with E-state index in [4.69, 9.17) is 0 Å². The van der Waals surface area contributed by atoms with Crippen LogP contribution in [0.3, 0.4) is 0 Å². The zero-order valence-corrected chi connectivity index (χ0v) is 11.2. The maximum Gasteiger partial charge on any atom is 0.0840 e. The van der Waals surface area contributed by atoms with Crippen molar-refractivity contribution in [1.29, 1.82) is 0 Å². The maximum absolute atomic E-state index is 4.47. The third-order valence-electron chi connectivity index (χ3n) is 2.65. The molecule has 0 aliphatic heterocycles. The Bertz CT molecular complexity index is 488. The summed E-state index contributed by atoms with van der Waals surface area (Å²) in [5.41, 5.74) is 3.52. The van der Waals surface area contributed by atoms with Crippen LogP contribution in [0, 0.1) is 0 Å². The van der Waals surface area contributed by atoms with Gasteiger partial charge in [-0.3, -0.25) is 4.68 Å². The summed E-state index contributed by atoms with van der Waals surface area (Å²) in [5, 5.41) is 7.62. The Morgan fingerprint density at radius 3 is 2.59 bits per heavy atom. The van der Waals surface area contributed by atoms with Crippen LogP contribution in [0.4, 0.5) is 0 Å². The zero-order chi connectivity index (χ0) is 12.3. The van der Waals surface area contributed by atoms with Crippen LogP contribution < -0.4 is 5.32 Å². The van der Waals surface area contributed by atoms with E-state index in [1.54, 1.807) is 11.8 Å². The van der Waals surface area contributed by atoms with Gasteiger partial charge in [0.2, 0.25) is 0 Å². The van der Waals surface area contributed by atoms with Gasteiger partial charge in [0.25, 0.3) is 0 Å². The Morgan fingerprint density at radius 1 is 1.29 bits per heavy atom. The molecule has 0 saturated carbocycles. The summed E-state index contributed by atoms with van der Waals surface area (Å²) < 4.78 is 1.87. The van der Waals surface area contributed by atoms with Gasteiger partial charge in [0.15, 0.2) is 0 Å². The van der Waals surface area contributed by atoms with Crippen molar-refractivity contribution in [2.24, 2.45) is 7.05 Å². The number of nitrogens with one attached hydrogen (secondary N) is 1. The van der Waals surface area contributed by atoms with E-state index in [1.165, 1.54) is 16.0 Å². The Balaban J connectivity index is 2.37. The first-order valence-electron chi connectivity index (χ1n) is 5.56. The first kappa shape index (κ1) is 12.2. The molecular formula is C13H17N3S. The molecule has 0 fully saturated rings. The second kappa shape index (κ2) is 5.38. The summed E-state index contributed by atoms with van der Waals surface area (Å²) in [7, 11) is 3.90. The average molecular weight is 247 g/mol. The fourth-order valence-electron chi connectivity index (χ4n) is 1.84. The van der Waals surface area contributed by atoms with E-state index in [9.17, 15) is 0 Å². The summed E-state index contributed by atoms with van der Waals surface area (Å²) in [6, 6.07) is 8.61. The van der Waals surface area contributed by atoms with Crippen LogP contribution >= 0.6 is 11.8 Å². The second-order valence-corrected chi connectivity index (χ2v) is 4.80. The monoisotopic (exact) mass is 247 g/mol. The predicted octanol–water partition coefficient (Wildman–Crippen LogP) is 2.53. The highest BCUT2D eigenvalue weighted by Gasteiger charge is 2.08. The van der Waals surface area contributed by atoms with Crippen molar-refractivity contribution in [2.45, 2.75) is 11.4 Å². The fraction of sp³-hybridized carbons (Fsp3) is 0.308. The number of aryl methyl sites for hydroxylation is 1. The molecule has 0 amide bonds. The predicted molar refractivity (Wildman–Crippen MR) is 73.2 cm³/mol. The largest absolute Gasteiger partial charge is 0.314 e. The summed E-state index contributed by atoms with van der Waals surface area (Å²) in [6.45, 7) is 0.792. The minimum atomic E-state index is 0.792. The first-order valence-corrected chi connectivity index (χ1v) is 6.78. The van der Waals surface area contributed by atoms with Gasteiger partial charge in [-0.1, -0.05) is 12.1 Å². The SMILES string of the molecule is CNCc1nn(C)cc1-c1ccc(SC)cc1. The molecule has 0 saturated heterocycles. The van der Waals surface area contributed by atoms with Gasteiger partial charge >= 0.3 is 0 Å². The number of hydrogen-bond donors (Lipinski definition) is 1. The first-order chi connectivity index (χ1) is 8.24. The van der Waals surface area contributed by atoms with Crippen LogP contribution in [-0.4, -0.2) is 23.1 Å². The van der Waals surface area contributed by atoms with Crippen molar-refractivity contribution in [2.75, 3.05) is 13.3 Å². The quantitative estimate of drug-likeness (QED) is 0.842. The smallest absolute Gasteiger partial charge is 0.0840 e. The molecule has 1 aromatic carbocycles. The lowest BCUT2D eigenvalue weighted by Crippen LogP contribution is -2.07. The molecule has 3 nitrogen and oxygen atoms in total. The molecule has 0 bridgehead atoms. The van der Waals surface area contributed by atoms with Crippen LogP contribution in [0.1, 0.15) is 5.69 Å². The van der Waals surface area contributed by atoms with E-state index in [0.717, 1.165) is 12.2 Å². The van der Waals surface area contributed by atoms with E-state index in [1.807, 2.05) is 18.8 Å². The van der Waals surface area contributed by atoms with Gasteiger partial charge in [-0.2, -0.15) is 5.10 Å². The molecule has 0 atom stereocenters. The summed E-state index contributed by atoms with van der Waals surface area (Å²) in [5.74, 6) is 0. The maximum atomic E-state index is 4.47. The highest BCUT2D eigenvalue weighted by molar-refractivity contribution is 7.98. The number of aromatic nitrogens is 2. The second-order valence-electron chi connectivity index (χ2n) is 3.92. The third-order valence-corrected chi connectivity index (χ3v) is 3.39. The molecule has 90 valence electrons. The number of thioether (sulfide) groups is 1. The Kier molecular flexibility index (Phi) is 3.86. The fourth-order valence-corrected chi connectivity index (χ4v) is 2.25. The van der Waals surface area contributed by atoms with Crippen LogP contribution in [0.15, 0.2) is 35.4 Å². The molecule has 1 heterocycles. The van der Waals surface area contributed by atoms with E-state index in [2.05, 4.69) is 47.1 Å². The van der Waals surface area contributed by atoms with Gasteiger partial charge in [-0.15, -0.1) is 11.8 Å². The Labute approximate surface area is 106 Å².